The molecule has 0 N–H and O–H groups in total. The van der Waals surface area contributed by atoms with Gasteiger partial charge in [-0.05, 0) is 55.8 Å². The summed E-state index contributed by atoms with van der Waals surface area (Å²) in [5.41, 5.74) is 2.53. The summed E-state index contributed by atoms with van der Waals surface area (Å²) in [4.78, 5) is 0.275. The number of para-hydroxylation sites is 1. The van der Waals surface area contributed by atoms with Crippen LogP contribution in [0.15, 0.2) is 83.8 Å². The zero-order valence-corrected chi connectivity index (χ0v) is 16.5. The van der Waals surface area contributed by atoms with Gasteiger partial charge >= 0.3 is 0 Å². The van der Waals surface area contributed by atoms with Gasteiger partial charge in [-0.3, -0.25) is 4.31 Å². The Bertz CT molecular complexity index is 982. The van der Waals surface area contributed by atoms with Gasteiger partial charge in [0.15, 0.2) is 0 Å². The van der Waals surface area contributed by atoms with Crippen molar-refractivity contribution in [3.05, 3.63) is 90.0 Å². The molecule has 0 aliphatic heterocycles. The molecule has 3 aromatic carbocycles. The van der Waals surface area contributed by atoms with E-state index in [2.05, 4.69) is 0 Å². The minimum absolute atomic E-state index is 0.275. The molecular weight excluding hydrogens is 358 g/mol. The van der Waals surface area contributed by atoms with Gasteiger partial charge in [-0.15, -0.1) is 0 Å². The van der Waals surface area contributed by atoms with Crippen molar-refractivity contribution in [2.45, 2.75) is 24.8 Å². The molecule has 0 bridgehead atoms. The maximum absolute atomic E-state index is 13.5. The molecule has 0 aromatic heterocycles. The van der Waals surface area contributed by atoms with Gasteiger partial charge < -0.3 is 4.74 Å². The van der Waals surface area contributed by atoms with Crippen molar-refractivity contribution in [3.8, 4) is 5.75 Å². The molecule has 0 heterocycles. The fourth-order valence-electron chi connectivity index (χ4n) is 2.99. The number of ether oxygens (including phenoxy) is 1. The van der Waals surface area contributed by atoms with Crippen LogP contribution in [0.1, 0.15) is 24.1 Å². The van der Waals surface area contributed by atoms with Gasteiger partial charge in [-0.25, -0.2) is 8.42 Å². The highest BCUT2D eigenvalue weighted by Gasteiger charge is 2.30. The molecule has 5 heteroatoms. The van der Waals surface area contributed by atoms with Crippen molar-refractivity contribution in [2.75, 3.05) is 11.4 Å². The summed E-state index contributed by atoms with van der Waals surface area (Å²) in [6.07, 6.45) is 0. The molecule has 0 saturated carbocycles. The lowest BCUT2D eigenvalue weighted by molar-refractivity contribution is 0.414. The molecule has 0 aliphatic carbocycles. The fourth-order valence-corrected chi connectivity index (χ4v) is 4.63. The average molecular weight is 381 g/mol. The molecule has 1 atom stereocenters. The molecule has 0 fully saturated rings. The van der Waals surface area contributed by atoms with Crippen LogP contribution < -0.4 is 9.04 Å². The lowest BCUT2D eigenvalue weighted by atomic mass is 10.1. The molecule has 1 unspecified atom stereocenters. The molecule has 4 nitrogen and oxygen atoms in total. The second kappa shape index (κ2) is 7.84. The van der Waals surface area contributed by atoms with Gasteiger partial charge in [-0.2, -0.15) is 0 Å². The van der Waals surface area contributed by atoms with Crippen LogP contribution in [0.5, 0.6) is 5.75 Å². The smallest absolute Gasteiger partial charge is 0.264 e. The molecular formula is C22H23NO3S. The predicted molar refractivity (Wildman–Crippen MR) is 109 cm³/mol. The molecule has 27 heavy (non-hydrogen) atoms. The molecule has 0 amide bonds. The Morgan fingerprint density at radius 1 is 0.852 bits per heavy atom. The average Bonchev–Trinajstić information content (AvgIpc) is 2.69. The predicted octanol–water partition coefficient (Wildman–Crippen LogP) is 4.96. The first kappa shape index (κ1) is 19.0. The lowest BCUT2D eigenvalue weighted by Gasteiger charge is -2.31. The third kappa shape index (κ3) is 3.98. The first-order valence-electron chi connectivity index (χ1n) is 8.73. The van der Waals surface area contributed by atoms with E-state index in [1.54, 1.807) is 19.2 Å². The van der Waals surface area contributed by atoms with Gasteiger partial charge in [0.25, 0.3) is 10.0 Å². The minimum Gasteiger partial charge on any atom is -0.497 e. The molecule has 0 spiro atoms. The minimum atomic E-state index is -3.73. The van der Waals surface area contributed by atoms with Crippen LogP contribution in [0.4, 0.5) is 5.69 Å². The zero-order valence-electron chi connectivity index (χ0n) is 15.7. The van der Waals surface area contributed by atoms with E-state index in [4.69, 9.17) is 4.74 Å². The second-order valence-corrected chi connectivity index (χ2v) is 8.21. The summed E-state index contributed by atoms with van der Waals surface area (Å²) in [6, 6.07) is 23.2. The third-order valence-corrected chi connectivity index (χ3v) is 6.45. The summed E-state index contributed by atoms with van der Waals surface area (Å²) in [5, 5.41) is 0. The maximum Gasteiger partial charge on any atom is 0.264 e. The van der Waals surface area contributed by atoms with Crippen LogP contribution in [-0.2, 0) is 10.0 Å². The molecule has 0 radical (unpaired) electrons. The molecule has 140 valence electrons. The number of hydrogen-bond acceptors (Lipinski definition) is 3. The van der Waals surface area contributed by atoms with Crippen molar-refractivity contribution < 1.29 is 13.2 Å². The van der Waals surface area contributed by atoms with Crippen molar-refractivity contribution in [1.29, 1.82) is 0 Å². The van der Waals surface area contributed by atoms with Crippen LogP contribution >= 0.6 is 0 Å². The summed E-state index contributed by atoms with van der Waals surface area (Å²) in [7, 11) is -2.12. The first-order valence-corrected chi connectivity index (χ1v) is 10.2. The van der Waals surface area contributed by atoms with Gasteiger partial charge in [-0.1, -0.05) is 48.0 Å². The topological polar surface area (TPSA) is 46.6 Å². The fraction of sp³-hybridized carbons (Fsp3) is 0.182. The molecule has 0 aliphatic rings. The van der Waals surface area contributed by atoms with E-state index >= 15 is 0 Å². The number of anilines is 1. The van der Waals surface area contributed by atoms with Crippen molar-refractivity contribution >= 4 is 15.7 Å². The van der Waals surface area contributed by atoms with Crippen LogP contribution in [0.25, 0.3) is 0 Å². The van der Waals surface area contributed by atoms with E-state index in [1.807, 2.05) is 80.6 Å². The zero-order chi connectivity index (χ0) is 19.4. The van der Waals surface area contributed by atoms with E-state index in [9.17, 15) is 8.42 Å². The Hall–Kier alpha value is -2.79. The highest BCUT2D eigenvalue weighted by molar-refractivity contribution is 7.92. The summed E-state index contributed by atoms with van der Waals surface area (Å²) in [5.74, 6) is 0.735. The number of sulfonamides is 1. The van der Waals surface area contributed by atoms with Gasteiger partial charge in [0, 0.05) is 0 Å². The maximum atomic E-state index is 13.5. The molecule has 3 aromatic rings. The highest BCUT2D eigenvalue weighted by Crippen LogP contribution is 2.33. The van der Waals surface area contributed by atoms with Crippen molar-refractivity contribution in [1.82, 2.24) is 0 Å². The van der Waals surface area contributed by atoms with E-state index in [0.29, 0.717) is 5.69 Å². The van der Waals surface area contributed by atoms with Gasteiger partial charge in [0.05, 0.1) is 23.7 Å². The number of aryl methyl sites for hydroxylation is 1. The van der Waals surface area contributed by atoms with E-state index in [1.165, 1.54) is 4.31 Å². The molecule has 0 saturated heterocycles. The summed E-state index contributed by atoms with van der Waals surface area (Å²) in [6.45, 7) is 3.83. The van der Waals surface area contributed by atoms with Gasteiger partial charge in [0.2, 0.25) is 0 Å². The van der Waals surface area contributed by atoms with Crippen molar-refractivity contribution in [2.24, 2.45) is 0 Å². The van der Waals surface area contributed by atoms with Crippen molar-refractivity contribution in [3.63, 3.8) is 0 Å². The van der Waals surface area contributed by atoms with Gasteiger partial charge in [0.1, 0.15) is 5.75 Å². The van der Waals surface area contributed by atoms with Crippen LogP contribution in [0, 0.1) is 6.92 Å². The number of rotatable bonds is 6. The summed E-state index contributed by atoms with van der Waals surface area (Å²) < 4.78 is 33.6. The highest BCUT2D eigenvalue weighted by atomic mass is 32.2. The standard InChI is InChI=1S/C22H23NO3S/c1-17-9-15-22(16-10-17)27(24,25)23(20-7-5-4-6-8-20)18(2)19-11-13-21(26-3)14-12-19/h4-16,18H,1-3H3. The van der Waals surface area contributed by atoms with E-state index < -0.39 is 10.0 Å². The Balaban J connectivity index is 2.09. The number of hydrogen-bond donors (Lipinski definition) is 0. The molecule has 3 rings (SSSR count). The van der Waals surface area contributed by atoms with Crippen LogP contribution in [-0.4, -0.2) is 15.5 Å². The van der Waals surface area contributed by atoms with Crippen LogP contribution in [0.3, 0.4) is 0 Å². The van der Waals surface area contributed by atoms with Crippen LogP contribution in [0.2, 0.25) is 0 Å². The SMILES string of the molecule is COc1ccc(C(C)N(c2ccccc2)S(=O)(=O)c2ccc(C)cc2)cc1. The number of methoxy groups -OCH3 is 1. The first-order chi connectivity index (χ1) is 12.9. The Morgan fingerprint density at radius 3 is 2.00 bits per heavy atom. The Labute approximate surface area is 161 Å². The quantitative estimate of drug-likeness (QED) is 0.606. The second-order valence-electron chi connectivity index (χ2n) is 6.40. The summed E-state index contributed by atoms with van der Waals surface area (Å²) >= 11 is 0. The lowest BCUT2D eigenvalue weighted by Crippen LogP contribution is -2.33. The van der Waals surface area contributed by atoms with E-state index in [0.717, 1.165) is 16.9 Å². The third-order valence-electron chi connectivity index (χ3n) is 4.54. The largest absolute Gasteiger partial charge is 0.497 e. The number of nitrogens with zero attached hydrogens (tertiary/aromatic N) is 1. The Kier molecular flexibility index (Phi) is 5.51. The monoisotopic (exact) mass is 381 g/mol. The Morgan fingerprint density at radius 2 is 1.44 bits per heavy atom. The normalized spacial score (nSPS) is 12.4. The van der Waals surface area contributed by atoms with E-state index in [-0.39, 0.29) is 10.9 Å². The number of benzene rings is 3.